The van der Waals surface area contributed by atoms with Crippen LogP contribution < -0.4 is 10.6 Å². The Morgan fingerprint density at radius 3 is 2.83 bits per heavy atom. The lowest BCUT2D eigenvalue weighted by Gasteiger charge is -2.30. The number of benzene rings is 1. The van der Waals surface area contributed by atoms with Crippen LogP contribution in [0.4, 0.5) is 0 Å². The van der Waals surface area contributed by atoms with E-state index in [1.807, 2.05) is 18.2 Å². The van der Waals surface area contributed by atoms with Crippen LogP contribution in [-0.4, -0.2) is 49.4 Å². The van der Waals surface area contributed by atoms with Gasteiger partial charge in [-0.25, -0.2) is 0 Å². The summed E-state index contributed by atoms with van der Waals surface area (Å²) in [4.78, 5) is 26.2. The molecule has 23 heavy (non-hydrogen) atoms. The topological polar surface area (TPSA) is 61.4 Å². The van der Waals surface area contributed by atoms with E-state index in [9.17, 15) is 9.59 Å². The van der Waals surface area contributed by atoms with Crippen LogP contribution in [0.3, 0.4) is 0 Å². The molecule has 2 amide bonds. The van der Waals surface area contributed by atoms with E-state index in [2.05, 4.69) is 45.0 Å². The first-order valence-electron chi connectivity index (χ1n) is 8.08. The van der Waals surface area contributed by atoms with Crippen molar-refractivity contribution in [3.8, 4) is 0 Å². The lowest BCUT2D eigenvalue weighted by Crippen LogP contribution is -2.42. The zero-order chi connectivity index (χ0) is 16.7. The van der Waals surface area contributed by atoms with E-state index in [1.165, 1.54) is 12.8 Å². The zero-order valence-corrected chi connectivity index (χ0v) is 15.6. The fourth-order valence-electron chi connectivity index (χ4n) is 2.81. The Labute approximate surface area is 151 Å². The Bertz CT molecular complexity index is 550. The van der Waals surface area contributed by atoms with Crippen LogP contribution >= 0.6 is 22.6 Å². The smallest absolute Gasteiger partial charge is 0.252 e. The van der Waals surface area contributed by atoms with Crippen LogP contribution in [0.25, 0.3) is 0 Å². The molecule has 1 aromatic rings. The molecule has 0 aromatic heterocycles. The SMILES string of the molecule is CC1CCCN(CCNC(=O)CNC(=O)c2ccccc2I)C1. The summed E-state index contributed by atoms with van der Waals surface area (Å²) in [6, 6.07) is 7.32. The molecule has 0 radical (unpaired) electrons. The van der Waals surface area contributed by atoms with Crippen molar-refractivity contribution in [2.45, 2.75) is 19.8 Å². The Morgan fingerprint density at radius 2 is 2.09 bits per heavy atom. The summed E-state index contributed by atoms with van der Waals surface area (Å²) in [6.07, 6.45) is 2.54. The van der Waals surface area contributed by atoms with Crippen LogP contribution in [0.2, 0.25) is 0 Å². The number of hydrogen-bond donors (Lipinski definition) is 2. The van der Waals surface area contributed by atoms with Crippen molar-refractivity contribution in [2.24, 2.45) is 5.92 Å². The van der Waals surface area contributed by atoms with Gasteiger partial charge in [0, 0.05) is 23.2 Å². The van der Waals surface area contributed by atoms with E-state index in [0.29, 0.717) is 12.1 Å². The summed E-state index contributed by atoms with van der Waals surface area (Å²) in [5.41, 5.74) is 0.600. The summed E-state index contributed by atoms with van der Waals surface area (Å²) in [7, 11) is 0. The van der Waals surface area contributed by atoms with Crippen LogP contribution in [0.5, 0.6) is 0 Å². The first kappa shape index (κ1) is 18.2. The summed E-state index contributed by atoms with van der Waals surface area (Å²) in [5.74, 6) is 0.386. The molecule has 1 aliphatic heterocycles. The number of likely N-dealkylation sites (tertiary alicyclic amines) is 1. The summed E-state index contributed by atoms with van der Waals surface area (Å²) >= 11 is 2.11. The van der Waals surface area contributed by atoms with Crippen LogP contribution in [0, 0.1) is 9.49 Å². The van der Waals surface area contributed by atoms with Gasteiger partial charge in [-0.1, -0.05) is 19.1 Å². The minimum absolute atomic E-state index is 0.0141. The molecule has 1 aliphatic rings. The van der Waals surface area contributed by atoms with Crippen molar-refractivity contribution in [1.29, 1.82) is 0 Å². The van der Waals surface area contributed by atoms with Crippen LogP contribution in [0.1, 0.15) is 30.1 Å². The highest BCUT2D eigenvalue weighted by Crippen LogP contribution is 2.14. The van der Waals surface area contributed by atoms with Gasteiger partial charge in [-0.15, -0.1) is 0 Å². The predicted molar refractivity (Wildman–Crippen MR) is 99.3 cm³/mol. The molecule has 5 nitrogen and oxygen atoms in total. The normalized spacial score (nSPS) is 18.4. The molecule has 0 saturated carbocycles. The molecule has 1 unspecified atom stereocenters. The van der Waals surface area contributed by atoms with Crippen LogP contribution in [0.15, 0.2) is 24.3 Å². The Kier molecular flexibility index (Phi) is 7.29. The van der Waals surface area contributed by atoms with E-state index in [-0.39, 0.29) is 18.4 Å². The first-order chi connectivity index (χ1) is 11.1. The van der Waals surface area contributed by atoms with E-state index < -0.39 is 0 Å². The number of hydrogen-bond acceptors (Lipinski definition) is 3. The second-order valence-electron chi connectivity index (χ2n) is 6.06. The standard InChI is InChI=1S/C17H24IN3O2/c1-13-5-4-9-21(12-13)10-8-19-16(22)11-20-17(23)14-6-2-3-7-15(14)18/h2-3,6-7,13H,4-5,8-12H2,1H3,(H,19,22)(H,20,23). The molecule has 2 N–H and O–H groups in total. The van der Waals surface area contributed by atoms with Gasteiger partial charge in [-0.2, -0.15) is 0 Å². The third-order valence-electron chi connectivity index (χ3n) is 4.02. The van der Waals surface area contributed by atoms with Gasteiger partial charge in [0.25, 0.3) is 5.91 Å². The second kappa shape index (κ2) is 9.22. The third kappa shape index (κ3) is 6.10. The maximum Gasteiger partial charge on any atom is 0.252 e. The van der Waals surface area contributed by atoms with Crippen molar-refractivity contribution in [1.82, 2.24) is 15.5 Å². The molecule has 1 aromatic carbocycles. The van der Waals surface area contributed by atoms with Gasteiger partial charge in [0.2, 0.25) is 5.91 Å². The lowest BCUT2D eigenvalue weighted by atomic mass is 10.0. The molecule has 0 spiro atoms. The molecule has 1 atom stereocenters. The van der Waals surface area contributed by atoms with Crippen molar-refractivity contribution < 1.29 is 9.59 Å². The average molecular weight is 429 g/mol. The number of carbonyl (C=O) groups excluding carboxylic acids is 2. The Morgan fingerprint density at radius 1 is 1.30 bits per heavy atom. The molecule has 6 heteroatoms. The Hall–Kier alpha value is -1.15. The second-order valence-corrected chi connectivity index (χ2v) is 7.22. The number of nitrogens with zero attached hydrogens (tertiary/aromatic N) is 1. The number of halogens is 1. The van der Waals surface area contributed by atoms with Gasteiger partial charge < -0.3 is 15.5 Å². The highest BCUT2D eigenvalue weighted by Gasteiger charge is 2.16. The van der Waals surface area contributed by atoms with Gasteiger partial charge in [-0.3, -0.25) is 9.59 Å². The molecule has 1 fully saturated rings. The number of amides is 2. The van der Waals surface area contributed by atoms with Crippen molar-refractivity contribution in [3.63, 3.8) is 0 Å². The van der Waals surface area contributed by atoms with E-state index >= 15 is 0 Å². The minimum Gasteiger partial charge on any atom is -0.353 e. The zero-order valence-electron chi connectivity index (χ0n) is 13.5. The summed E-state index contributed by atoms with van der Waals surface area (Å²) in [6.45, 7) is 6.01. The van der Waals surface area contributed by atoms with E-state index in [4.69, 9.17) is 0 Å². The minimum atomic E-state index is -0.213. The van der Waals surface area contributed by atoms with Gasteiger partial charge >= 0.3 is 0 Å². The van der Waals surface area contributed by atoms with Crippen molar-refractivity contribution in [3.05, 3.63) is 33.4 Å². The highest BCUT2D eigenvalue weighted by atomic mass is 127. The molecule has 0 bridgehead atoms. The number of rotatable bonds is 6. The summed E-state index contributed by atoms with van der Waals surface area (Å²) in [5, 5.41) is 5.53. The van der Waals surface area contributed by atoms with Gasteiger partial charge in [-0.05, 0) is 60.0 Å². The maximum absolute atomic E-state index is 12.0. The fraction of sp³-hybridized carbons (Fsp3) is 0.529. The van der Waals surface area contributed by atoms with E-state index in [1.54, 1.807) is 6.07 Å². The Balaban J connectivity index is 1.65. The first-order valence-corrected chi connectivity index (χ1v) is 9.16. The fourth-order valence-corrected chi connectivity index (χ4v) is 3.44. The monoisotopic (exact) mass is 429 g/mol. The predicted octanol–water partition coefficient (Wildman–Crippen LogP) is 1.87. The molecule has 2 rings (SSSR count). The quantitative estimate of drug-likeness (QED) is 0.679. The van der Waals surface area contributed by atoms with Crippen molar-refractivity contribution in [2.75, 3.05) is 32.7 Å². The van der Waals surface area contributed by atoms with Gasteiger partial charge in [0.1, 0.15) is 0 Å². The summed E-state index contributed by atoms with van der Waals surface area (Å²) < 4.78 is 0.877. The molecule has 1 heterocycles. The van der Waals surface area contributed by atoms with Gasteiger partial charge in [0.15, 0.2) is 0 Å². The maximum atomic E-state index is 12.0. The van der Waals surface area contributed by atoms with Crippen LogP contribution in [-0.2, 0) is 4.79 Å². The molecule has 0 aliphatic carbocycles. The third-order valence-corrected chi connectivity index (χ3v) is 4.96. The number of carbonyl (C=O) groups is 2. The largest absolute Gasteiger partial charge is 0.353 e. The molecular weight excluding hydrogens is 405 g/mol. The lowest BCUT2D eigenvalue weighted by molar-refractivity contribution is -0.120. The molecular formula is C17H24IN3O2. The number of piperidine rings is 1. The molecule has 126 valence electrons. The van der Waals surface area contributed by atoms with E-state index in [0.717, 1.165) is 29.1 Å². The van der Waals surface area contributed by atoms with Crippen molar-refractivity contribution >= 4 is 34.4 Å². The van der Waals surface area contributed by atoms with Gasteiger partial charge in [0.05, 0.1) is 12.1 Å². The highest BCUT2D eigenvalue weighted by molar-refractivity contribution is 14.1. The molecule has 1 saturated heterocycles. The number of nitrogens with one attached hydrogen (secondary N) is 2. The average Bonchev–Trinajstić information content (AvgIpc) is 2.53.